The molecular formula is C16H16F3N3O3S. The minimum Gasteiger partial charge on any atom is -0.348 e. The molecule has 1 unspecified atom stereocenters. The van der Waals surface area contributed by atoms with E-state index in [4.69, 9.17) is 9.88 Å². The van der Waals surface area contributed by atoms with Gasteiger partial charge in [0.05, 0.1) is 5.69 Å². The lowest BCUT2D eigenvalue weighted by Gasteiger charge is -2.37. The second-order valence-corrected chi connectivity index (χ2v) is 7.19. The molecule has 0 bridgehead atoms. The number of nitrogens with zero attached hydrogens (tertiary/aromatic N) is 2. The summed E-state index contributed by atoms with van der Waals surface area (Å²) in [5.74, 6) is 0. The van der Waals surface area contributed by atoms with Gasteiger partial charge < -0.3 is 4.74 Å². The normalized spacial score (nSPS) is 17.9. The number of fused-ring (bicyclic) bond motifs is 1. The number of nitrogens with two attached hydrogens (primary N) is 1. The summed E-state index contributed by atoms with van der Waals surface area (Å²) < 4.78 is 69.2. The Labute approximate surface area is 148 Å². The maximum Gasteiger partial charge on any atom is 0.486 e. The van der Waals surface area contributed by atoms with Crippen LogP contribution in [-0.2, 0) is 21.2 Å². The van der Waals surface area contributed by atoms with Crippen molar-refractivity contribution in [3.63, 3.8) is 0 Å². The molecule has 6 nitrogen and oxygen atoms in total. The Hall–Kier alpha value is -2.17. The lowest BCUT2D eigenvalue weighted by molar-refractivity contribution is -0.147. The van der Waals surface area contributed by atoms with E-state index in [9.17, 15) is 21.6 Å². The number of hydrogen-bond donors (Lipinski definition) is 1. The van der Waals surface area contributed by atoms with Crippen LogP contribution in [0.5, 0.6) is 0 Å². The number of hydrogen-bond acceptors (Lipinski definition) is 5. The van der Waals surface area contributed by atoms with Crippen LogP contribution in [0.3, 0.4) is 0 Å². The van der Waals surface area contributed by atoms with Crippen molar-refractivity contribution in [2.75, 3.05) is 11.6 Å². The number of pyridine rings is 1. The van der Waals surface area contributed by atoms with E-state index in [0.29, 0.717) is 12.0 Å². The van der Waals surface area contributed by atoms with Gasteiger partial charge in [-0.2, -0.15) is 0 Å². The molecule has 0 radical (unpaired) electrons. The number of sulfonamides is 1. The van der Waals surface area contributed by atoms with Gasteiger partial charge >= 0.3 is 6.30 Å². The first kappa shape index (κ1) is 18.6. The van der Waals surface area contributed by atoms with Crippen LogP contribution in [0.25, 0.3) is 0 Å². The number of aromatic nitrogens is 1. The Morgan fingerprint density at radius 1 is 1.31 bits per heavy atom. The van der Waals surface area contributed by atoms with Gasteiger partial charge in [0.15, 0.2) is 5.03 Å². The Morgan fingerprint density at radius 3 is 2.62 bits per heavy atom. The van der Waals surface area contributed by atoms with Crippen LogP contribution in [0, 0.1) is 0 Å². The molecular weight excluding hydrogens is 371 g/mol. The maximum absolute atomic E-state index is 13.3. The van der Waals surface area contributed by atoms with E-state index < -0.39 is 34.2 Å². The molecule has 2 aromatic rings. The quantitative estimate of drug-likeness (QED) is 0.819. The molecule has 0 aliphatic carbocycles. The smallest absolute Gasteiger partial charge is 0.348 e. The van der Waals surface area contributed by atoms with Gasteiger partial charge in [0.1, 0.15) is 12.8 Å². The Morgan fingerprint density at radius 2 is 2.00 bits per heavy atom. The summed E-state index contributed by atoms with van der Waals surface area (Å²) in [6.07, 6.45) is -3.92. The predicted molar refractivity (Wildman–Crippen MR) is 87.8 cm³/mol. The molecule has 1 aliphatic rings. The van der Waals surface area contributed by atoms with Crippen LogP contribution in [0.2, 0.25) is 0 Å². The van der Waals surface area contributed by atoms with E-state index in [0.717, 1.165) is 0 Å². The molecule has 2 N–H and O–H groups in total. The van der Waals surface area contributed by atoms with Gasteiger partial charge in [-0.15, -0.1) is 13.2 Å². The van der Waals surface area contributed by atoms with Crippen LogP contribution in [0.15, 0.2) is 41.6 Å². The molecule has 0 saturated heterocycles. The number of para-hydroxylation sites is 1. The molecule has 2 heterocycles. The zero-order valence-electron chi connectivity index (χ0n) is 13.7. The van der Waals surface area contributed by atoms with Crippen molar-refractivity contribution in [3.05, 3.63) is 53.2 Å². The van der Waals surface area contributed by atoms with Crippen LogP contribution in [-0.4, -0.2) is 26.4 Å². The summed E-state index contributed by atoms with van der Waals surface area (Å²) in [7, 11) is -4.19. The van der Waals surface area contributed by atoms with Crippen molar-refractivity contribution >= 4 is 15.7 Å². The first-order valence-electron chi connectivity index (χ1n) is 7.70. The number of ether oxygens (including phenoxy) is 1. The summed E-state index contributed by atoms with van der Waals surface area (Å²) in [4.78, 5) is 4.01. The predicted octanol–water partition coefficient (Wildman–Crippen LogP) is 2.69. The van der Waals surface area contributed by atoms with Gasteiger partial charge in [0.25, 0.3) is 10.0 Å². The van der Waals surface area contributed by atoms with Gasteiger partial charge in [0, 0.05) is 17.3 Å². The topological polar surface area (TPSA) is 85.5 Å². The average molecular weight is 387 g/mol. The molecule has 3 rings (SSSR count). The zero-order valence-corrected chi connectivity index (χ0v) is 14.5. The summed E-state index contributed by atoms with van der Waals surface area (Å²) in [5.41, 5.74) is 0.863. The molecule has 1 aromatic carbocycles. The second-order valence-electron chi connectivity index (χ2n) is 5.72. The molecule has 140 valence electrons. The summed E-state index contributed by atoms with van der Waals surface area (Å²) in [6.45, 7) is 1.02. The van der Waals surface area contributed by atoms with E-state index in [-0.39, 0.29) is 21.7 Å². The third kappa shape index (κ3) is 3.27. The van der Waals surface area contributed by atoms with Crippen molar-refractivity contribution in [2.24, 2.45) is 5.14 Å². The van der Waals surface area contributed by atoms with Gasteiger partial charge in [0.2, 0.25) is 0 Å². The summed E-state index contributed by atoms with van der Waals surface area (Å²) >= 11 is 0. The van der Waals surface area contributed by atoms with Gasteiger partial charge in [-0.1, -0.05) is 25.1 Å². The van der Waals surface area contributed by atoms with Crippen molar-refractivity contribution in [3.8, 4) is 0 Å². The fraction of sp³-hybridized carbons (Fsp3) is 0.312. The van der Waals surface area contributed by atoms with Gasteiger partial charge in [-0.3, -0.25) is 4.90 Å². The van der Waals surface area contributed by atoms with E-state index >= 15 is 0 Å². The first-order valence-corrected chi connectivity index (χ1v) is 9.24. The summed E-state index contributed by atoms with van der Waals surface area (Å²) in [5, 5.41) is 4.88. The third-order valence-electron chi connectivity index (χ3n) is 4.14. The third-order valence-corrected chi connectivity index (χ3v) is 5.01. The Bertz CT molecular complexity index is 932. The molecule has 26 heavy (non-hydrogen) atoms. The van der Waals surface area contributed by atoms with Gasteiger partial charge in [-0.05, 0) is 24.1 Å². The number of alkyl halides is 3. The first-order chi connectivity index (χ1) is 12.1. The minimum absolute atomic E-state index is 0.0949. The number of rotatable bonds is 3. The highest BCUT2D eigenvalue weighted by Gasteiger charge is 2.43. The van der Waals surface area contributed by atoms with E-state index in [1.807, 2.05) is 0 Å². The van der Waals surface area contributed by atoms with Crippen LogP contribution in [0.1, 0.15) is 29.7 Å². The highest BCUT2D eigenvalue weighted by Crippen LogP contribution is 2.43. The van der Waals surface area contributed by atoms with Crippen molar-refractivity contribution in [1.29, 1.82) is 0 Å². The van der Waals surface area contributed by atoms with Crippen LogP contribution in [0.4, 0.5) is 18.9 Å². The fourth-order valence-electron chi connectivity index (χ4n) is 3.02. The van der Waals surface area contributed by atoms with Crippen LogP contribution >= 0.6 is 0 Å². The molecule has 1 atom stereocenters. The number of halogens is 3. The lowest BCUT2D eigenvalue weighted by Crippen LogP contribution is -2.44. The Kier molecular flexibility index (Phi) is 4.67. The van der Waals surface area contributed by atoms with E-state index in [1.165, 1.54) is 24.4 Å². The largest absolute Gasteiger partial charge is 0.486 e. The lowest BCUT2D eigenvalue weighted by atomic mass is 9.95. The van der Waals surface area contributed by atoms with E-state index in [1.54, 1.807) is 19.1 Å². The number of benzene rings is 1. The van der Waals surface area contributed by atoms with Crippen LogP contribution < -0.4 is 10.0 Å². The molecule has 0 fully saturated rings. The molecule has 0 saturated carbocycles. The average Bonchev–Trinajstić information content (AvgIpc) is 2.58. The highest BCUT2D eigenvalue weighted by molar-refractivity contribution is 7.89. The molecule has 0 spiro atoms. The van der Waals surface area contributed by atoms with Crippen molar-refractivity contribution in [2.45, 2.75) is 30.8 Å². The van der Waals surface area contributed by atoms with E-state index in [2.05, 4.69) is 4.98 Å². The fourth-order valence-corrected chi connectivity index (χ4v) is 3.77. The zero-order chi connectivity index (χ0) is 19.1. The summed E-state index contributed by atoms with van der Waals surface area (Å²) in [6, 6.07) is 7.43. The van der Waals surface area contributed by atoms with Crippen molar-refractivity contribution in [1.82, 2.24) is 4.98 Å². The monoisotopic (exact) mass is 387 g/mol. The molecule has 1 aromatic heterocycles. The second kappa shape index (κ2) is 6.53. The molecule has 0 amide bonds. The Balaban J connectivity index is 2.23. The SMILES string of the molecule is CCc1ccnc(S(N)(=O)=O)c1C1OCN(C(F)(F)F)c2ccccc21. The number of anilines is 1. The minimum atomic E-state index is -4.63. The highest BCUT2D eigenvalue weighted by atomic mass is 32.2. The number of aryl methyl sites for hydroxylation is 1. The maximum atomic E-state index is 13.3. The molecule has 10 heteroatoms. The van der Waals surface area contributed by atoms with Crippen molar-refractivity contribution < 1.29 is 26.3 Å². The van der Waals surface area contributed by atoms with Gasteiger partial charge in [-0.25, -0.2) is 18.5 Å². The molecule has 1 aliphatic heterocycles. The number of primary sulfonamides is 1. The standard InChI is InChI=1S/C16H16F3N3O3S/c1-2-10-7-8-21-15(26(20,23)24)13(10)14-11-5-3-4-6-12(11)22(9-25-14)16(17,18)19/h3-8,14H,2,9H2,1H3,(H2,20,23,24).